The Kier molecular flexibility index (Phi) is 5.71. The molecule has 1 N–H and O–H groups in total. The highest BCUT2D eigenvalue weighted by Gasteiger charge is 2.34. The topological polar surface area (TPSA) is 84.9 Å². The van der Waals surface area contributed by atoms with Crippen molar-refractivity contribution >= 4 is 34.9 Å². The molecule has 9 heteroatoms. The number of ether oxygens (including phenoxy) is 2. The van der Waals surface area contributed by atoms with Gasteiger partial charge in [0.25, 0.3) is 11.1 Å². The maximum Gasteiger partial charge on any atom is 0.293 e. The second-order valence-corrected chi connectivity index (χ2v) is 7.59. The Morgan fingerprint density at radius 1 is 1.13 bits per heavy atom. The predicted molar refractivity (Wildman–Crippen MR) is 108 cm³/mol. The van der Waals surface area contributed by atoms with Crippen LogP contribution in [0.15, 0.2) is 47.4 Å². The minimum atomic E-state index is -0.407. The van der Waals surface area contributed by atoms with Gasteiger partial charge in [-0.25, -0.2) is 4.39 Å². The number of imide groups is 1. The van der Waals surface area contributed by atoms with Gasteiger partial charge in [0.05, 0.1) is 11.3 Å². The molecule has 7 nitrogen and oxygen atoms in total. The summed E-state index contributed by atoms with van der Waals surface area (Å²) in [7, 11) is 0. The lowest BCUT2D eigenvalue weighted by Crippen LogP contribution is -2.37. The van der Waals surface area contributed by atoms with E-state index < -0.39 is 5.91 Å². The van der Waals surface area contributed by atoms with Crippen LogP contribution in [0.4, 0.5) is 9.18 Å². The monoisotopic (exact) mass is 428 g/mol. The van der Waals surface area contributed by atoms with Gasteiger partial charge in [0.1, 0.15) is 5.82 Å². The Morgan fingerprint density at radius 3 is 2.70 bits per heavy atom. The number of hydrogen-bond acceptors (Lipinski definition) is 6. The van der Waals surface area contributed by atoms with E-state index in [4.69, 9.17) is 9.47 Å². The summed E-state index contributed by atoms with van der Waals surface area (Å²) in [6, 6.07) is 10.9. The van der Waals surface area contributed by atoms with Gasteiger partial charge >= 0.3 is 0 Å². The summed E-state index contributed by atoms with van der Waals surface area (Å²) < 4.78 is 23.5. The lowest BCUT2D eigenvalue weighted by atomic mass is 10.1. The van der Waals surface area contributed by atoms with Gasteiger partial charge in [-0.3, -0.25) is 19.3 Å². The largest absolute Gasteiger partial charge is 0.454 e. The summed E-state index contributed by atoms with van der Waals surface area (Å²) in [5.41, 5.74) is 1.39. The summed E-state index contributed by atoms with van der Waals surface area (Å²) >= 11 is 0.851. The van der Waals surface area contributed by atoms with Crippen LogP contribution in [0, 0.1) is 5.82 Å². The van der Waals surface area contributed by atoms with Crippen molar-refractivity contribution in [3.63, 3.8) is 0 Å². The minimum absolute atomic E-state index is 0.0678. The quantitative estimate of drug-likeness (QED) is 0.713. The molecular weight excluding hydrogens is 411 g/mol. The first-order chi connectivity index (χ1) is 14.5. The summed E-state index contributed by atoms with van der Waals surface area (Å²) in [5, 5.41) is 2.28. The molecule has 1 saturated heterocycles. The molecule has 2 aromatic rings. The number of carbonyl (C=O) groups excluding carboxylic acids is 3. The van der Waals surface area contributed by atoms with E-state index in [-0.39, 0.29) is 43.3 Å². The zero-order valence-electron chi connectivity index (χ0n) is 15.7. The number of nitrogens with one attached hydrogen (secondary N) is 1. The predicted octanol–water partition coefficient (Wildman–Crippen LogP) is 2.95. The van der Waals surface area contributed by atoms with Crippen LogP contribution >= 0.6 is 11.8 Å². The van der Waals surface area contributed by atoms with Gasteiger partial charge in [-0.2, -0.15) is 0 Å². The molecule has 4 rings (SSSR count). The van der Waals surface area contributed by atoms with E-state index >= 15 is 0 Å². The number of carbonyl (C=O) groups is 3. The third-order valence-corrected chi connectivity index (χ3v) is 5.41. The zero-order chi connectivity index (χ0) is 21.1. The fourth-order valence-electron chi connectivity index (χ4n) is 3.00. The second kappa shape index (κ2) is 8.58. The van der Waals surface area contributed by atoms with Gasteiger partial charge in [0.15, 0.2) is 11.5 Å². The maximum atomic E-state index is 12.9. The van der Waals surface area contributed by atoms with E-state index in [1.54, 1.807) is 24.3 Å². The molecule has 2 aromatic carbocycles. The van der Waals surface area contributed by atoms with Crippen molar-refractivity contribution in [2.45, 2.75) is 6.42 Å². The highest BCUT2D eigenvalue weighted by molar-refractivity contribution is 8.18. The number of thioether (sulfide) groups is 1. The van der Waals surface area contributed by atoms with Crippen molar-refractivity contribution in [2.24, 2.45) is 0 Å². The molecule has 0 spiro atoms. The van der Waals surface area contributed by atoms with E-state index in [0.29, 0.717) is 22.0 Å². The maximum absolute atomic E-state index is 12.9. The summed E-state index contributed by atoms with van der Waals surface area (Å²) in [5.74, 6) is 0.177. The lowest BCUT2D eigenvalue weighted by Gasteiger charge is -2.13. The SMILES string of the molecule is O=C(Cc1ccc(F)cc1)NCCN1C(=O)S/C(=C\c2ccc3c(c2)OCO3)C1=O. The van der Waals surface area contributed by atoms with Gasteiger partial charge in [-0.15, -0.1) is 0 Å². The van der Waals surface area contributed by atoms with E-state index in [0.717, 1.165) is 22.2 Å². The molecule has 0 atom stereocenters. The normalized spacial score (nSPS) is 16.4. The molecule has 154 valence electrons. The van der Waals surface area contributed by atoms with E-state index in [9.17, 15) is 18.8 Å². The Labute approximate surface area is 175 Å². The molecule has 1 fully saturated rings. The van der Waals surface area contributed by atoms with Crippen LogP contribution in [0.25, 0.3) is 6.08 Å². The Bertz CT molecular complexity index is 1040. The standard InChI is InChI=1S/C21H17FN2O5S/c22-15-4-1-13(2-5-15)11-19(25)23-7-8-24-20(26)18(30-21(24)27)10-14-3-6-16-17(9-14)29-12-28-16/h1-6,9-10H,7-8,11-12H2,(H,23,25)/b18-10-. The molecule has 2 aliphatic rings. The zero-order valence-corrected chi connectivity index (χ0v) is 16.5. The Balaban J connectivity index is 1.32. The highest BCUT2D eigenvalue weighted by Crippen LogP contribution is 2.36. The van der Waals surface area contributed by atoms with Crippen molar-refractivity contribution in [3.8, 4) is 11.5 Å². The number of nitrogens with zero attached hydrogens (tertiary/aromatic N) is 1. The molecule has 2 heterocycles. The van der Waals surface area contributed by atoms with Gasteiger partial charge in [0.2, 0.25) is 12.7 Å². The van der Waals surface area contributed by atoms with Crippen molar-refractivity contribution < 1.29 is 28.2 Å². The van der Waals surface area contributed by atoms with Crippen LogP contribution in [0.5, 0.6) is 11.5 Å². The minimum Gasteiger partial charge on any atom is -0.454 e. The van der Waals surface area contributed by atoms with E-state index in [1.807, 2.05) is 0 Å². The lowest BCUT2D eigenvalue weighted by molar-refractivity contribution is -0.124. The summed E-state index contributed by atoms with van der Waals surface area (Å²) in [6.45, 7) is 0.357. The third kappa shape index (κ3) is 4.46. The van der Waals surface area contributed by atoms with Crippen LogP contribution in [0.1, 0.15) is 11.1 Å². The Hall–Kier alpha value is -3.33. The van der Waals surface area contributed by atoms with E-state index in [2.05, 4.69) is 5.32 Å². The number of rotatable bonds is 6. The van der Waals surface area contributed by atoms with Crippen molar-refractivity contribution in [1.82, 2.24) is 10.2 Å². The van der Waals surface area contributed by atoms with Gasteiger partial charge in [-0.05, 0) is 53.2 Å². The second-order valence-electron chi connectivity index (χ2n) is 6.60. The van der Waals surface area contributed by atoms with Crippen molar-refractivity contribution in [1.29, 1.82) is 0 Å². The Morgan fingerprint density at radius 2 is 1.90 bits per heavy atom. The number of halogens is 1. The van der Waals surface area contributed by atoms with Crippen LogP contribution in [0.3, 0.4) is 0 Å². The fourth-order valence-corrected chi connectivity index (χ4v) is 3.87. The first-order valence-corrected chi connectivity index (χ1v) is 9.97. The number of amides is 3. The van der Waals surface area contributed by atoms with Crippen LogP contribution in [-0.4, -0.2) is 41.8 Å². The molecule has 0 aromatic heterocycles. The molecular formula is C21H17FN2O5S. The van der Waals surface area contributed by atoms with Gasteiger partial charge in [0, 0.05) is 13.1 Å². The summed E-state index contributed by atoms with van der Waals surface area (Å²) in [4.78, 5) is 38.2. The molecule has 0 aliphatic carbocycles. The molecule has 0 bridgehead atoms. The molecule has 0 unspecified atom stereocenters. The van der Waals surface area contributed by atoms with Crippen LogP contribution in [0.2, 0.25) is 0 Å². The molecule has 3 amide bonds. The molecule has 2 aliphatic heterocycles. The molecule has 0 radical (unpaired) electrons. The molecule has 30 heavy (non-hydrogen) atoms. The van der Waals surface area contributed by atoms with E-state index in [1.165, 1.54) is 24.3 Å². The van der Waals surface area contributed by atoms with Gasteiger partial charge < -0.3 is 14.8 Å². The average molecular weight is 428 g/mol. The first kappa shape index (κ1) is 20.0. The summed E-state index contributed by atoms with van der Waals surface area (Å²) in [6.07, 6.45) is 1.71. The van der Waals surface area contributed by atoms with Crippen LogP contribution < -0.4 is 14.8 Å². The van der Waals surface area contributed by atoms with Gasteiger partial charge in [-0.1, -0.05) is 18.2 Å². The van der Waals surface area contributed by atoms with Crippen molar-refractivity contribution in [3.05, 3.63) is 64.3 Å². The number of hydrogen-bond donors (Lipinski definition) is 1. The third-order valence-electron chi connectivity index (χ3n) is 4.50. The smallest absolute Gasteiger partial charge is 0.293 e. The number of benzene rings is 2. The highest BCUT2D eigenvalue weighted by atomic mass is 32.2. The fraction of sp³-hybridized carbons (Fsp3) is 0.190. The van der Waals surface area contributed by atoms with Crippen molar-refractivity contribution in [2.75, 3.05) is 19.9 Å². The first-order valence-electron chi connectivity index (χ1n) is 9.16. The average Bonchev–Trinajstić information content (AvgIpc) is 3.29. The van der Waals surface area contributed by atoms with Crippen LogP contribution in [-0.2, 0) is 16.0 Å². The number of fused-ring (bicyclic) bond motifs is 1. The molecule has 0 saturated carbocycles.